The van der Waals surface area contributed by atoms with Crippen LogP contribution in [0.1, 0.15) is 26.3 Å². The summed E-state index contributed by atoms with van der Waals surface area (Å²) >= 11 is 11.8. The standard InChI is InChI=1S/C21H14Cl2O4/c1-13-6-2-5-9-19(13)27-21(25)16-8-4-3-7-15(16)20(24)26-14-10-11-17(22)18(23)12-14/h2-12H,1H3. The third-order valence-electron chi connectivity index (χ3n) is 3.76. The van der Waals surface area contributed by atoms with Gasteiger partial charge in [0.05, 0.1) is 21.2 Å². The van der Waals surface area contributed by atoms with Crippen molar-refractivity contribution in [2.45, 2.75) is 6.92 Å². The molecule has 0 amide bonds. The molecule has 0 aliphatic carbocycles. The van der Waals surface area contributed by atoms with Gasteiger partial charge in [0.2, 0.25) is 0 Å². The Hall–Kier alpha value is -2.82. The van der Waals surface area contributed by atoms with Crippen LogP contribution in [0.4, 0.5) is 0 Å². The molecule has 3 aromatic rings. The number of ether oxygens (including phenoxy) is 2. The molecule has 3 aromatic carbocycles. The number of benzene rings is 3. The summed E-state index contributed by atoms with van der Waals surface area (Å²) in [4.78, 5) is 25.1. The topological polar surface area (TPSA) is 52.6 Å². The van der Waals surface area contributed by atoms with Crippen LogP contribution < -0.4 is 9.47 Å². The molecule has 0 fully saturated rings. The van der Waals surface area contributed by atoms with Gasteiger partial charge < -0.3 is 9.47 Å². The smallest absolute Gasteiger partial charge is 0.344 e. The molecule has 0 radical (unpaired) electrons. The molecule has 0 saturated heterocycles. The molecule has 0 aromatic heterocycles. The van der Waals surface area contributed by atoms with E-state index in [2.05, 4.69) is 0 Å². The zero-order valence-electron chi connectivity index (χ0n) is 14.2. The lowest BCUT2D eigenvalue weighted by atomic mass is 10.1. The van der Waals surface area contributed by atoms with Gasteiger partial charge in [-0.05, 0) is 42.8 Å². The van der Waals surface area contributed by atoms with Gasteiger partial charge in [-0.2, -0.15) is 0 Å². The molecule has 0 atom stereocenters. The molecule has 6 heteroatoms. The minimum absolute atomic E-state index is 0.0853. The van der Waals surface area contributed by atoms with Crippen LogP contribution in [0.15, 0.2) is 66.7 Å². The number of aryl methyl sites for hydroxylation is 1. The Morgan fingerprint density at radius 1 is 0.741 bits per heavy atom. The summed E-state index contributed by atoms with van der Waals surface area (Å²) in [6.45, 7) is 1.83. The highest BCUT2D eigenvalue weighted by Crippen LogP contribution is 2.27. The fourth-order valence-electron chi connectivity index (χ4n) is 2.37. The van der Waals surface area contributed by atoms with Crippen molar-refractivity contribution in [3.63, 3.8) is 0 Å². The molecule has 4 nitrogen and oxygen atoms in total. The van der Waals surface area contributed by atoms with Crippen LogP contribution in [0, 0.1) is 6.92 Å². The zero-order chi connectivity index (χ0) is 19.4. The molecule has 0 bridgehead atoms. The average Bonchev–Trinajstić information content (AvgIpc) is 2.66. The van der Waals surface area contributed by atoms with Gasteiger partial charge in [-0.25, -0.2) is 9.59 Å². The van der Waals surface area contributed by atoms with Gasteiger partial charge >= 0.3 is 11.9 Å². The summed E-state index contributed by atoms with van der Waals surface area (Å²) in [7, 11) is 0. The quantitative estimate of drug-likeness (QED) is 0.413. The minimum Gasteiger partial charge on any atom is -0.423 e. The SMILES string of the molecule is Cc1ccccc1OC(=O)c1ccccc1C(=O)Oc1ccc(Cl)c(Cl)c1. The van der Waals surface area contributed by atoms with Gasteiger partial charge in [0.15, 0.2) is 0 Å². The van der Waals surface area contributed by atoms with Crippen LogP contribution in [-0.2, 0) is 0 Å². The van der Waals surface area contributed by atoms with E-state index in [9.17, 15) is 9.59 Å². The number of halogens is 2. The fraction of sp³-hybridized carbons (Fsp3) is 0.0476. The van der Waals surface area contributed by atoms with Gasteiger partial charge in [-0.3, -0.25) is 0 Å². The third kappa shape index (κ3) is 4.48. The Bertz CT molecular complexity index is 1010. The van der Waals surface area contributed by atoms with E-state index in [0.717, 1.165) is 5.56 Å². The molecule has 0 N–H and O–H groups in total. The van der Waals surface area contributed by atoms with Gasteiger partial charge in [-0.1, -0.05) is 53.5 Å². The van der Waals surface area contributed by atoms with Crippen LogP contribution in [0.5, 0.6) is 11.5 Å². The Kier molecular flexibility index (Phi) is 5.79. The first-order valence-electron chi connectivity index (χ1n) is 8.00. The third-order valence-corrected chi connectivity index (χ3v) is 4.50. The van der Waals surface area contributed by atoms with Crippen molar-refractivity contribution >= 4 is 35.1 Å². The molecule has 136 valence electrons. The first-order valence-corrected chi connectivity index (χ1v) is 8.75. The Morgan fingerprint density at radius 3 is 1.96 bits per heavy atom. The monoisotopic (exact) mass is 400 g/mol. The van der Waals surface area contributed by atoms with Crippen LogP contribution in [0.2, 0.25) is 10.0 Å². The molecule has 0 aliphatic rings. The second kappa shape index (κ2) is 8.25. The van der Waals surface area contributed by atoms with Crippen LogP contribution in [0.3, 0.4) is 0 Å². The zero-order valence-corrected chi connectivity index (χ0v) is 15.8. The van der Waals surface area contributed by atoms with Crippen molar-refractivity contribution < 1.29 is 19.1 Å². The Labute approximate surface area is 166 Å². The van der Waals surface area contributed by atoms with Gasteiger partial charge in [0, 0.05) is 6.07 Å². The number of hydrogen-bond donors (Lipinski definition) is 0. The minimum atomic E-state index is -0.703. The summed E-state index contributed by atoms with van der Waals surface area (Å²) < 4.78 is 10.7. The molecular formula is C21H14Cl2O4. The summed E-state index contributed by atoms with van der Waals surface area (Å²) in [6.07, 6.45) is 0. The van der Waals surface area contributed by atoms with Crippen LogP contribution >= 0.6 is 23.2 Å². The molecular weight excluding hydrogens is 387 g/mol. The lowest BCUT2D eigenvalue weighted by molar-refractivity contribution is 0.0691. The van der Waals surface area contributed by atoms with Gasteiger partial charge in [0.1, 0.15) is 11.5 Å². The van der Waals surface area contributed by atoms with E-state index in [1.54, 1.807) is 24.3 Å². The van der Waals surface area contributed by atoms with Crippen molar-refractivity contribution in [1.82, 2.24) is 0 Å². The van der Waals surface area contributed by atoms with Crippen molar-refractivity contribution in [2.75, 3.05) is 0 Å². The second-order valence-corrected chi connectivity index (χ2v) is 6.48. The highest BCUT2D eigenvalue weighted by molar-refractivity contribution is 6.42. The molecule has 0 aliphatic heterocycles. The van der Waals surface area contributed by atoms with Crippen molar-refractivity contribution in [3.05, 3.63) is 93.5 Å². The fourth-order valence-corrected chi connectivity index (χ4v) is 2.66. The van der Waals surface area contributed by atoms with E-state index in [0.29, 0.717) is 10.8 Å². The second-order valence-electron chi connectivity index (χ2n) is 5.67. The van der Waals surface area contributed by atoms with Crippen molar-refractivity contribution in [2.24, 2.45) is 0 Å². The first-order chi connectivity index (χ1) is 13.0. The normalized spacial score (nSPS) is 10.3. The highest BCUT2D eigenvalue weighted by atomic mass is 35.5. The molecule has 27 heavy (non-hydrogen) atoms. The Morgan fingerprint density at radius 2 is 1.33 bits per heavy atom. The van der Waals surface area contributed by atoms with Crippen LogP contribution in [-0.4, -0.2) is 11.9 Å². The van der Waals surface area contributed by atoms with Crippen molar-refractivity contribution in [1.29, 1.82) is 0 Å². The van der Waals surface area contributed by atoms with E-state index in [4.69, 9.17) is 32.7 Å². The molecule has 0 heterocycles. The summed E-state index contributed by atoms with van der Waals surface area (Å²) in [5.41, 5.74) is 0.995. The van der Waals surface area contributed by atoms with Gasteiger partial charge in [-0.15, -0.1) is 0 Å². The number of carbonyl (C=O) groups is 2. The number of hydrogen-bond acceptors (Lipinski definition) is 4. The van der Waals surface area contributed by atoms with Gasteiger partial charge in [0.25, 0.3) is 0 Å². The maximum Gasteiger partial charge on any atom is 0.344 e. The number of esters is 2. The highest BCUT2D eigenvalue weighted by Gasteiger charge is 2.20. The maximum atomic E-state index is 12.6. The largest absolute Gasteiger partial charge is 0.423 e. The van der Waals surface area contributed by atoms with E-state index < -0.39 is 11.9 Å². The predicted octanol–water partition coefficient (Wildman–Crippen LogP) is 5.74. The predicted molar refractivity (Wildman–Crippen MR) is 104 cm³/mol. The summed E-state index contributed by atoms with van der Waals surface area (Å²) in [6, 6.07) is 17.9. The molecule has 0 saturated carbocycles. The Balaban J connectivity index is 1.84. The van der Waals surface area contributed by atoms with Crippen molar-refractivity contribution in [3.8, 4) is 11.5 Å². The summed E-state index contributed by atoms with van der Waals surface area (Å²) in [5.74, 6) is -0.705. The first kappa shape index (κ1) is 19.0. The summed E-state index contributed by atoms with van der Waals surface area (Å²) in [5, 5.41) is 0.605. The number of para-hydroxylation sites is 1. The lowest BCUT2D eigenvalue weighted by Crippen LogP contribution is -2.17. The van der Waals surface area contributed by atoms with Crippen LogP contribution in [0.25, 0.3) is 0 Å². The molecule has 0 spiro atoms. The average molecular weight is 401 g/mol. The van der Waals surface area contributed by atoms with E-state index in [1.165, 1.54) is 30.3 Å². The number of rotatable bonds is 4. The number of carbonyl (C=O) groups excluding carboxylic acids is 2. The lowest BCUT2D eigenvalue weighted by Gasteiger charge is -2.11. The molecule has 3 rings (SSSR count). The maximum absolute atomic E-state index is 12.6. The van der Waals surface area contributed by atoms with E-state index >= 15 is 0 Å². The molecule has 0 unspecified atom stereocenters. The van der Waals surface area contributed by atoms with E-state index in [1.807, 2.05) is 19.1 Å². The van der Waals surface area contributed by atoms with E-state index in [-0.39, 0.29) is 21.9 Å².